The van der Waals surface area contributed by atoms with Crippen molar-refractivity contribution in [1.29, 1.82) is 0 Å². The molecule has 3 heterocycles. The number of nitrogens with zero attached hydrogens (tertiary/aromatic N) is 3. The molecule has 3 aromatic rings. The van der Waals surface area contributed by atoms with E-state index in [0.29, 0.717) is 66.7 Å². The molecule has 2 aliphatic heterocycles. The van der Waals surface area contributed by atoms with Crippen molar-refractivity contribution in [1.82, 2.24) is 19.8 Å². The average Bonchev–Trinajstić information content (AvgIpc) is 3.48. The van der Waals surface area contributed by atoms with Gasteiger partial charge in [-0.05, 0) is 55.5 Å². The lowest BCUT2D eigenvalue weighted by Gasteiger charge is -2.36. The Hall–Kier alpha value is -4.35. The van der Waals surface area contributed by atoms with Crippen molar-refractivity contribution in [3.8, 4) is 16.9 Å². The number of carbonyl (C=O) groups excluding carboxylic acids is 2. The number of benzene rings is 2. The lowest BCUT2D eigenvalue weighted by Crippen LogP contribution is -2.49. The zero-order valence-corrected chi connectivity index (χ0v) is 24.6. The van der Waals surface area contributed by atoms with Crippen molar-refractivity contribution >= 4 is 28.3 Å². The van der Waals surface area contributed by atoms with E-state index < -0.39 is 11.9 Å². The van der Waals surface area contributed by atoms with Crippen molar-refractivity contribution in [3.63, 3.8) is 0 Å². The van der Waals surface area contributed by atoms with E-state index in [4.69, 9.17) is 16.3 Å². The number of halogens is 1. The second-order valence-corrected chi connectivity index (χ2v) is 11.1. The highest BCUT2D eigenvalue weighted by molar-refractivity contribution is 6.05. The van der Waals surface area contributed by atoms with Crippen LogP contribution in [0.2, 0.25) is 0 Å². The number of hydrazine groups is 1. The molecule has 2 aliphatic rings. The number of carbonyl (C=O) groups is 2. The minimum atomic E-state index is -0.608. The number of aromatic amines is 1. The molecule has 11 heteroatoms. The summed E-state index contributed by atoms with van der Waals surface area (Å²) >= 11 is 0. The minimum absolute atomic E-state index is 0.0940. The Bertz CT molecular complexity index is 1570. The summed E-state index contributed by atoms with van der Waals surface area (Å²) in [7, 11) is 1.58. The van der Waals surface area contributed by atoms with Gasteiger partial charge in [-0.25, -0.2) is 10.2 Å². The van der Waals surface area contributed by atoms with Gasteiger partial charge in [-0.3, -0.25) is 9.59 Å². The number of likely N-dealkylation sites (tertiary alicyclic amines) is 1. The fraction of sp³-hybridized carbons (Fsp3) is 0.375. The molecule has 6 N–H and O–H groups in total. The second-order valence-electron chi connectivity index (χ2n) is 11.1. The zero-order chi connectivity index (χ0) is 30.7. The number of ether oxygens (including phenoxy) is 1. The molecule has 0 radical (unpaired) electrons. The summed E-state index contributed by atoms with van der Waals surface area (Å²) in [6, 6.07) is 10.6. The lowest BCUT2D eigenvalue weighted by molar-refractivity contribution is -0.130. The SMILES string of the molecule is COc1ccccc1-c1cc(C2=CCCN(C(=O)CCN(N)/C=C\N)C2)c(F)c2[nH]c(C(=O)N3CCCC(O)C3C)cc12. The van der Waals surface area contributed by atoms with Gasteiger partial charge in [0.2, 0.25) is 5.91 Å². The van der Waals surface area contributed by atoms with E-state index in [-0.39, 0.29) is 42.0 Å². The first-order chi connectivity index (χ1) is 20.7. The summed E-state index contributed by atoms with van der Waals surface area (Å²) in [6.45, 7) is 3.39. The Kier molecular flexibility index (Phi) is 9.02. The van der Waals surface area contributed by atoms with Crippen LogP contribution in [0.5, 0.6) is 5.75 Å². The van der Waals surface area contributed by atoms with Crippen LogP contribution < -0.4 is 16.3 Å². The summed E-state index contributed by atoms with van der Waals surface area (Å²) in [4.78, 5) is 33.0. The molecule has 1 aromatic heterocycles. The number of aliphatic hydroxyl groups is 1. The number of rotatable bonds is 8. The number of aliphatic hydroxyl groups excluding tert-OH is 1. The predicted molar refractivity (Wildman–Crippen MR) is 164 cm³/mol. The maximum absolute atomic E-state index is 16.4. The van der Waals surface area contributed by atoms with Crippen molar-refractivity contribution in [2.45, 2.75) is 44.8 Å². The average molecular weight is 591 g/mol. The van der Waals surface area contributed by atoms with Gasteiger partial charge >= 0.3 is 0 Å². The molecule has 2 aromatic carbocycles. The molecule has 228 valence electrons. The third kappa shape index (κ3) is 6.09. The number of piperidine rings is 1. The number of hydrogen-bond donors (Lipinski definition) is 4. The monoisotopic (exact) mass is 590 g/mol. The van der Waals surface area contributed by atoms with Crippen LogP contribution in [0.15, 0.2) is 54.9 Å². The molecule has 5 rings (SSSR count). The zero-order valence-electron chi connectivity index (χ0n) is 24.6. The molecular formula is C32H39FN6O4. The van der Waals surface area contributed by atoms with Gasteiger partial charge in [0, 0.05) is 61.5 Å². The third-order valence-electron chi connectivity index (χ3n) is 8.40. The molecule has 10 nitrogen and oxygen atoms in total. The van der Waals surface area contributed by atoms with Crippen LogP contribution in [0.3, 0.4) is 0 Å². The highest BCUT2D eigenvalue weighted by Crippen LogP contribution is 2.40. The summed E-state index contributed by atoms with van der Waals surface area (Å²) < 4.78 is 22.1. The highest BCUT2D eigenvalue weighted by Gasteiger charge is 2.32. The number of aromatic nitrogens is 1. The van der Waals surface area contributed by atoms with Gasteiger partial charge in [-0.1, -0.05) is 24.3 Å². The van der Waals surface area contributed by atoms with Gasteiger partial charge in [0.1, 0.15) is 11.4 Å². The van der Waals surface area contributed by atoms with Crippen LogP contribution in [-0.4, -0.2) is 82.1 Å². The maximum Gasteiger partial charge on any atom is 0.270 e. The molecule has 2 atom stereocenters. The standard InChI is InChI=1S/C32H39FN6O4/c1-20-27(40)9-6-14-39(20)32(42)26-18-25-24(22-8-3-4-10-28(22)43-2)17-23(30(33)31(25)36-26)21-7-5-13-37(19-21)29(41)11-15-38(35)16-12-34/h3-4,7-8,10,12,16-18,20,27,36,40H,5-6,9,11,13-15,19,34-35H2,1-2H3/b16-12-. The Morgan fingerprint density at radius 2 is 2.00 bits per heavy atom. The van der Waals surface area contributed by atoms with Crippen LogP contribution in [0, 0.1) is 5.82 Å². The van der Waals surface area contributed by atoms with E-state index in [1.807, 2.05) is 37.3 Å². The van der Waals surface area contributed by atoms with Gasteiger partial charge < -0.3 is 35.4 Å². The topological polar surface area (TPSA) is 141 Å². The lowest BCUT2D eigenvalue weighted by atomic mass is 9.92. The summed E-state index contributed by atoms with van der Waals surface area (Å²) in [6.07, 6.45) is 6.23. The smallest absolute Gasteiger partial charge is 0.270 e. The van der Waals surface area contributed by atoms with Crippen molar-refractivity contribution in [3.05, 3.63) is 71.9 Å². The summed E-state index contributed by atoms with van der Waals surface area (Å²) in [5, 5.41) is 12.3. The fourth-order valence-electron chi connectivity index (χ4n) is 5.98. The van der Waals surface area contributed by atoms with Crippen LogP contribution >= 0.6 is 0 Å². The summed E-state index contributed by atoms with van der Waals surface area (Å²) in [5.74, 6) is 5.54. The van der Waals surface area contributed by atoms with E-state index in [9.17, 15) is 14.7 Å². The molecule has 0 spiro atoms. The predicted octanol–water partition coefficient (Wildman–Crippen LogP) is 3.58. The molecule has 43 heavy (non-hydrogen) atoms. The van der Waals surface area contributed by atoms with Crippen molar-refractivity contribution in [2.75, 3.05) is 33.3 Å². The number of methoxy groups -OCH3 is 1. The van der Waals surface area contributed by atoms with E-state index in [1.54, 1.807) is 29.0 Å². The molecule has 0 aliphatic carbocycles. The van der Waals surface area contributed by atoms with Crippen LogP contribution in [-0.2, 0) is 4.79 Å². The number of amides is 2. The quantitative estimate of drug-likeness (QED) is 0.232. The molecule has 2 unspecified atom stereocenters. The number of fused-ring (bicyclic) bond motifs is 1. The molecule has 1 saturated heterocycles. The van der Waals surface area contributed by atoms with E-state index in [0.717, 1.165) is 5.56 Å². The minimum Gasteiger partial charge on any atom is -0.496 e. The van der Waals surface area contributed by atoms with Crippen LogP contribution in [0.25, 0.3) is 27.6 Å². The maximum atomic E-state index is 16.4. The third-order valence-corrected chi connectivity index (χ3v) is 8.40. The van der Waals surface area contributed by atoms with Gasteiger partial charge in [-0.15, -0.1) is 0 Å². The van der Waals surface area contributed by atoms with Gasteiger partial charge in [0.25, 0.3) is 5.91 Å². The first-order valence-corrected chi connectivity index (χ1v) is 14.6. The Morgan fingerprint density at radius 1 is 1.21 bits per heavy atom. The van der Waals surface area contributed by atoms with E-state index in [2.05, 4.69) is 4.98 Å². The number of nitrogens with one attached hydrogen (secondary N) is 1. The summed E-state index contributed by atoms with van der Waals surface area (Å²) in [5.41, 5.74) is 8.28. The molecular weight excluding hydrogens is 551 g/mol. The van der Waals surface area contributed by atoms with Gasteiger partial charge in [0.05, 0.1) is 24.8 Å². The largest absolute Gasteiger partial charge is 0.496 e. The Morgan fingerprint density at radius 3 is 2.77 bits per heavy atom. The van der Waals surface area contributed by atoms with Gasteiger partial charge in [0.15, 0.2) is 5.82 Å². The van der Waals surface area contributed by atoms with Crippen molar-refractivity contribution in [2.24, 2.45) is 11.6 Å². The highest BCUT2D eigenvalue weighted by atomic mass is 19.1. The number of para-hydroxylation sites is 1. The number of H-pyrrole nitrogens is 1. The second kappa shape index (κ2) is 12.9. The molecule has 0 saturated carbocycles. The van der Waals surface area contributed by atoms with E-state index >= 15 is 4.39 Å². The number of hydrogen-bond acceptors (Lipinski definition) is 7. The normalized spacial score (nSPS) is 19.1. The molecule has 0 bridgehead atoms. The first-order valence-electron chi connectivity index (χ1n) is 14.6. The molecule has 1 fully saturated rings. The molecule has 2 amide bonds. The van der Waals surface area contributed by atoms with Crippen LogP contribution in [0.4, 0.5) is 4.39 Å². The van der Waals surface area contributed by atoms with Gasteiger partial charge in [-0.2, -0.15) is 0 Å². The Labute approximate surface area is 250 Å². The van der Waals surface area contributed by atoms with E-state index in [1.165, 1.54) is 17.4 Å². The van der Waals surface area contributed by atoms with Crippen LogP contribution in [0.1, 0.15) is 48.7 Å². The number of nitrogens with two attached hydrogens (primary N) is 2. The fourth-order valence-corrected chi connectivity index (χ4v) is 5.98. The van der Waals surface area contributed by atoms with Crippen molar-refractivity contribution < 1.29 is 23.8 Å². The Balaban J connectivity index is 1.55. The first kappa shape index (κ1) is 30.1.